The van der Waals surface area contributed by atoms with Crippen molar-refractivity contribution in [2.45, 2.75) is 37.8 Å². The fourth-order valence-electron chi connectivity index (χ4n) is 6.10. The average Bonchev–Trinajstić information content (AvgIpc) is 3.27. The van der Waals surface area contributed by atoms with Gasteiger partial charge >= 0.3 is 12.1 Å². The Balaban J connectivity index is 1.20. The summed E-state index contributed by atoms with van der Waals surface area (Å²) in [6.45, 7) is 4.10. The summed E-state index contributed by atoms with van der Waals surface area (Å²) in [5.74, 6) is 1.59. The van der Waals surface area contributed by atoms with E-state index in [0.717, 1.165) is 17.7 Å². The van der Waals surface area contributed by atoms with E-state index >= 15 is 0 Å². The van der Waals surface area contributed by atoms with Gasteiger partial charge in [-0.2, -0.15) is 4.99 Å². The molecule has 2 fully saturated rings. The van der Waals surface area contributed by atoms with E-state index < -0.39 is 18.1 Å². The van der Waals surface area contributed by atoms with Crippen molar-refractivity contribution in [2.75, 3.05) is 64.8 Å². The Morgan fingerprint density at radius 3 is 2.48 bits per heavy atom. The molecule has 0 aliphatic carbocycles. The van der Waals surface area contributed by atoms with Gasteiger partial charge in [0, 0.05) is 69.8 Å². The minimum atomic E-state index is -1.27. The molecule has 5 amide bonds. The number of fused-ring (bicyclic) bond motifs is 1. The van der Waals surface area contributed by atoms with E-state index in [1.165, 1.54) is 7.11 Å². The lowest BCUT2D eigenvalue weighted by atomic mass is 10.0. The number of para-hydroxylation sites is 1. The first-order valence-corrected chi connectivity index (χ1v) is 17.8. The molecule has 0 aromatic heterocycles. The average molecular weight is 818 g/mol. The highest BCUT2D eigenvalue weighted by Gasteiger charge is 2.33. The molecule has 0 radical (unpaired) electrons. The molecule has 2 aromatic rings. The van der Waals surface area contributed by atoms with Gasteiger partial charge in [-0.25, -0.2) is 15.1 Å². The number of hydrogen-bond donors (Lipinski definition) is 3. The highest BCUT2D eigenvalue weighted by molar-refractivity contribution is 9.11. The molecule has 5 rings (SSSR count). The molecule has 14 nitrogen and oxygen atoms in total. The third kappa shape index (κ3) is 9.96. The van der Waals surface area contributed by atoms with Crippen molar-refractivity contribution < 1.29 is 33.9 Å². The second-order valence-corrected chi connectivity index (χ2v) is 13.8. The van der Waals surface area contributed by atoms with Crippen LogP contribution in [0.15, 0.2) is 62.3 Å². The number of anilines is 1. The summed E-state index contributed by atoms with van der Waals surface area (Å²) in [6.07, 6.45) is 1.59. The molecule has 3 heterocycles. The highest BCUT2D eigenvalue weighted by atomic mass is 79.9. The quantitative estimate of drug-likeness (QED) is 0.195. The van der Waals surface area contributed by atoms with Crippen molar-refractivity contribution in [3.05, 3.63) is 68.4 Å². The van der Waals surface area contributed by atoms with Gasteiger partial charge in [-0.3, -0.25) is 19.3 Å². The number of piperazine rings is 1. The zero-order valence-electron chi connectivity index (χ0n) is 27.6. The first-order chi connectivity index (χ1) is 24.1. The maximum absolute atomic E-state index is 13.4. The fraction of sp³-hybridized carbons (Fsp3) is 0.441. The molecule has 2 aromatic carbocycles. The van der Waals surface area contributed by atoms with Crippen molar-refractivity contribution in [3.8, 4) is 5.75 Å². The second-order valence-electron chi connectivity index (χ2n) is 12.1. The first kappa shape index (κ1) is 37.1. The number of phenolic OH excluding ortho intramolecular Hbond substituents is 1. The van der Waals surface area contributed by atoms with Crippen LogP contribution < -0.4 is 10.8 Å². The number of hydrogen-bond acceptors (Lipinski definition) is 9. The van der Waals surface area contributed by atoms with Crippen molar-refractivity contribution in [1.82, 2.24) is 25.1 Å². The van der Waals surface area contributed by atoms with Crippen LogP contribution in [0.3, 0.4) is 0 Å². The van der Waals surface area contributed by atoms with Gasteiger partial charge in [0.1, 0.15) is 5.75 Å². The topological polar surface area (TPSA) is 156 Å². The van der Waals surface area contributed by atoms with Crippen LogP contribution in [0, 0.1) is 0 Å². The third-order valence-corrected chi connectivity index (χ3v) is 10.00. The zero-order valence-corrected chi connectivity index (χ0v) is 30.7. The number of carbonyl (C=O) groups excluding carboxylic acids is 4. The molecule has 3 N–H and O–H groups in total. The summed E-state index contributed by atoms with van der Waals surface area (Å²) in [4.78, 5) is 67.3. The second kappa shape index (κ2) is 17.7. The number of ether oxygens (including phenoxy) is 1. The Labute approximate surface area is 307 Å². The van der Waals surface area contributed by atoms with E-state index in [9.17, 15) is 24.3 Å². The molecule has 0 spiro atoms. The molecule has 3 aliphatic heterocycles. The fourth-order valence-corrected chi connectivity index (χ4v) is 7.38. The lowest BCUT2D eigenvalue weighted by Crippen LogP contribution is -2.50. The lowest BCUT2D eigenvalue weighted by Gasteiger charge is -2.37. The Bertz CT molecular complexity index is 1660. The van der Waals surface area contributed by atoms with Gasteiger partial charge < -0.3 is 29.9 Å². The van der Waals surface area contributed by atoms with Gasteiger partial charge in [-0.05, 0) is 86.2 Å². The van der Waals surface area contributed by atoms with Gasteiger partial charge in [-0.1, -0.05) is 18.2 Å². The molecule has 0 saturated carbocycles. The van der Waals surface area contributed by atoms with Crippen molar-refractivity contribution in [1.29, 1.82) is 0 Å². The number of benzene rings is 2. The summed E-state index contributed by atoms with van der Waals surface area (Å²) in [5, 5.41) is 13.2. The predicted octanol–water partition coefficient (Wildman–Crippen LogP) is 3.68. The van der Waals surface area contributed by atoms with Crippen LogP contribution in [0.25, 0.3) is 0 Å². The number of nitrogens with zero attached hydrogens (tertiary/aromatic N) is 5. The normalized spacial score (nSPS) is 17.3. The van der Waals surface area contributed by atoms with Crippen molar-refractivity contribution in [2.24, 2.45) is 4.99 Å². The van der Waals surface area contributed by atoms with Crippen LogP contribution in [0.4, 0.5) is 15.3 Å². The largest absolute Gasteiger partial charge is 0.506 e. The zero-order chi connectivity index (χ0) is 35.6. The number of aromatic hydroxyl groups is 1. The Morgan fingerprint density at radius 2 is 1.78 bits per heavy atom. The monoisotopic (exact) mass is 815 g/mol. The molecule has 3 aliphatic rings. The number of hydroxylamine groups is 1. The lowest BCUT2D eigenvalue weighted by molar-refractivity contribution is -0.132. The summed E-state index contributed by atoms with van der Waals surface area (Å²) in [6, 6.07) is 10.9. The van der Waals surface area contributed by atoms with Crippen LogP contribution in [0.2, 0.25) is 0 Å². The smallest absolute Gasteiger partial charge is 0.410 e. The van der Waals surface area contributed by atoms with Gasteiger partial charge in [0.15, 0.2) is 6.10 Å². The maximum Gasteiger partial charge on any atom is 0.410 e. The summed E-state index contributed by atoms with van der Waals surface area (Å²) in [5.41, 5.74) is 7.61. The number of piperidine rings is 1. The number of rotatable bonds is 9. The maximum atomic E-state index is 13.4. The molecule has 16 heteroatoms. The summed E-state index contributed by atoms with van der Waals surface area (Å²) < 4.78 is 6.58. The van der Waals surface area contributed by atoms with Gasteiger partial charge in [0.25, 0.3) is 11.8 Å². The number of aliphatic imine (C=N–C) groups is 1. The molecular weight excluding hydrogens is 778 g/mol. The van der Waals surface area contributed by atoms with E-state index in [-0.39, 0.29) is 36.7 Å². The minimum Gasteiger partial charge on any atom is -0.506 e. The van der Waals surface area contributed by atoms with Crippen LogP contribution in [-0.4, -0.2) is 126 Å². The number of halogens is 2. The number of amides is 5. The Kier molecular flexibility index (Phi) is 13.1. The van der Waals surface area contributed by atoms with Crippen LogP contribution in [-0.2, 0) is 32.0 Å². The predicted molar refractivity (Wildman–Crippen MR) is 192 cm³/mol. The summed E-state index contributed by atoms with van der Waals surface area (Å²) >= 11 is 6.62. The van der Waals surface area contributed by atoms with Crippen molar-refractivity contribution >= 4 is 67.4 Å². The van der Waals surface area contributed by atoms with E-state index in [1.54, 1.807) is 23.2 Å². The molecule has 266 valence electrons. The molecule has 50 heavy (non-hydrogen) atoms. The van der Waals surface area contributed by atoms with Crippen LogP contribution in [0.1, 0.15) is 24.0 Å². The Hall–Kier alpha value is -4.17. The minimum absolute atomic E-state index is 0.000525. The van der Waals surface area contributed by atoms with Gasteiger partial charge in [0.05, 0.1) is 28.8 Å². The number of carbonyl (C=O) groups is 4. The van der Waals surface area contributed by atoms with Crippen LogP contribution >= 0.6 is 31.9 Å². The van der Waals surface area contributed by atoms with E-state index in [2.05, 4.69) is 64.1 Å². The number of phenols is 1. The van der Waals surface area contributed by atoms with E-state index in [4.69, 9.17) is 4.74 Å². The van der Waals surface area contributed by atoms with E-state index in [1.807, 2.05) is 39.0 Å². The highest BCUT2D eigenvalue weighted by Crippen LogP contribution is 2.34. The summed E-state index contributed by atoms with van der Waals surface area (Å²) in [7, 11) is 1.39. The molecule has 1 atom stereocenters. The molecule has 0 bridgehead atoms. The number of nitrogens with one attached hydrogen (secondary N) is 2. The first-order valence-electron chi connectivity index (χ1n) is 16.3. The van der Waals surface area contributed by atoms with Crippen molar-refractivity contribution in [3.63, 3.8) is 0 Å². The Morgan fingerprint density at radius 1 is 1.08 bits per heavy atom. The van der Waals surface area contributed by atoms with E-state index in [0.29, 0.717) is 73.2 Å². The number of urea groups is 1. The third-order valence-electron chi connectivity index (χ3n) is 8.79. The van der Waals surface area contributed by atoms with Gasteiger partial charge in [-0.15, -0.1) is 0 Å². The number of likely N-dealkylation sites (tertiary alicyclic amines) is 1. The molecule has 0 unspecified atom stereocenters. The molecule has 2 saturated heterocycles. The SMILES string of the molecule is CONC(=O)CN1CCN(C=C=C=NC(=O)[C@@H](Cc2cc(Br)c(O)c(Br)c2)OC(=O)N2CCC(N3CCc4ccccc4NC3=O)CC2)CC1. The standard InChI is InChI=1S/C34H39Br2N7O7/c1-49-39-30(44)22-41-17-15-40(16-18-41)11-4-10-37-32(46)29(21-23-19-26(35)31(45)27(36)20-23)50-34(48)42-12-8-25(9-13-42)43-14-7-24-5-2-3-6-28(24)38-33(43)47/h2-3,5-6,11,19-20,25,29,45H,7-9,12-18,21-22H2,1H3,(H,38,47)(H,39,44)/t29-/m1/s1. The molecular formula is C34H39Br2N7O7. The van der Waals surface area contributed by atoms with Gasteiger partial charge in [0.2, 0.25) is 0 Å². The van der Waals surface area contributed by atoms with Crippen LogP contribution in [0.5, 0.6) is 5.75 Å².